The first-order valence-corrected chi connectivity index (χ1v) is 8.53. The van der Waals surface area contributed by atoms with Crippen LogP contribution in [-0.4, -0.2) is 0 Å². The molecule has 4 heteroatoms. The summed E-state index contributed by atoms with van der Waals surface area (Å²) < 4.78 is 11.5. The van der Waals surface area contributed by atoms with E-state index in [0.29, 0.717) is 5.41 Å². The van der Waals surface area contributed by atoms with Gasteiger partial charge in [-0.05, 0) is 35.8 Å². The molecule has 0 spiro atoms. The van der Waals surface area contributed by atoms with Crippen molar-refractivity contribution in [2.24, 2.45) is 10.8 Å². The van der Waals surface area contributed by atoms with Crippen LogP contribution in [0.15, 0.2) is 43.3 Å². The summed E-state index contributed by atoms with van der Waals surface area (Å²) in [5, 5.41) is 0. The summed E-state index contributed by atoms with van der Waals surface area (Å²) in [5.74, 6) is 1.78. The van der Waals surface area contributed by atoms with Gasteiger partial charge in [-0.2, -0.15) is 0 Å². The molecule has 2 rings (SSSR count). The molecule has 0 fully saturated rings. The maximum absolute atomic E-state index is 5.75. The Morgan fingerprint density at radius 2 is 1.73 bits per heavy atom. The van der Waals surface area contributed by atoms with E-state index in [2.05, 4.69) is 59.9 Å². The standard InChI is InChI=1S/C18H26O2S2/c1-17(2,3)7-8-18(4,5)15(13-10-12(21)11-20-13)16-14(22)6-9-19-16/h6,9-11,15,21-22H,7-8H2,1-5H3. The highest BCUT2D eigenvalue weighted by Gasteiger charge is 2.38. The first-order valence-electron chi connectivity index (χ1n) is 7.64. The van der Waals surface area contributed by atoms with Crippen LogP contribution in [0.3, 0.4) is 0 Å². The van der Waals surface area contributed by atoms with Crippen molar-refractivity contribution in [1.29, 1.82) is 0 Å². The molecular weight excluding hydrogens is 312 g/mol. The Hall–Kier alpha value is -0.740. The van der Waals surface area contributed by atoms with Crippen LogP contribution >= 0.6 is 25.3 Å². The summed E-state index contributed by atoms with van der Waals surface area (Å²) >= 11 is 8.92. The second-order valence-electron chi connectivity index (χ2n) is 7.86. The number of hydrogen-bond donors (Lipinski definition) is 2. The first-order chi connectivity index (χ1) is 10.1. The summed E-state index contributed by atoms with van der Waals surface area (Å²) in [6.45, 7) is 11.3. The summed E-state index contributed by atoms with van der Waals surface area (Å²) in [4.78, 5) is 1.70. The molecule has 0 amide bonds. The Labute approximate surface area is 144 Å². The maximum atomic E-state index is 5.75. The molecule has 0 saturated heterocycles. The molecule has 2 nitrogen and oxygen atoms in total. The van der Waals surface area contributed by atoms with Crippen LogP contribution in [0.5, 0.6) is 0 Å². The largest absolute Gasteiger partial charge is 0.467 e. The zero-order valence-corrected chi connectivity index (χ0v) is 15.8. The lowest BCUT2D eigenvalue weighted by Crippen LogP contribution is -2.25. The van der Waals surface area contributed by atoms with Crippen LogP contribution in [0.25, 0.3) is 0 Å². The normalized spacial score (nSPS) is 14.3. The van der Waals surface area contributed by atoms with E-state index in [1.807, 2.05) is 12.1 Å². The average molecular weight is 339 g/mol. The van der Waals surface area contributed by atoms with Crippen molar-refractivity contribution in [3.05, 3.63) is 36.2 Å². The molecule has 1 unspecified atom stereocenters. The highest BCUT2D eigenvalue weighted by Crippen LogP contribution is 2.48. The van der Waals surface area contributed by atoms with E-state index < -0.39 is 0 Å². The lowest BCUT2D eigenvalue weighted by Gasteiger charge is -2.34. The molecule has 122 valence electrons. The van der Waals surface area contributed by atoms with Gasteiger partial charge in [-0.3, -0.25) is 0 Å². The van der Waals surface area contributed by atoms with Gasteiger partial charge < -0.3 is 8.83 Å². The van der Waals surface area contributed by atoms with Crippen molar-refractivity contribution in [3.8, 4) is 0 Å². The molecule has 0 bridgehead atoms. The summed E-state index contributed by atoms with van der Waals surface area (Å²) in [7, 11) is 0. The zero-order chi connectivity index (χ0) is 16.5. The predicted octanol–water partition coefficient (Wildman–Crippen LogP) is 6.43. The van der Waals surface area contributed by atoms with Crippen LogP contribution in [0.2, 0.25) is 0 Å². The molecule has 2 aromatic heterocycles. The van der Waals surface area contributed by atoms with E-state index in [4.69, 9.17) is 8.83 Å². The molecule has 0 N–H and O–H groups in total. The van der Waals surface area contributed by atoms with Crippen LogP contribution < -0.4 is 0 Å². The van der Waals surface area contributed by atoms with Crippen molar-refractivity contribution in [2.75, 3.05) is 0 Å². The van der Waals surface area contributed by atoms with Gasteiger partial charge in [0.05, 0.1) is 12.2 Å². The van der Waals surface area contributed by atoms with E-state index in [0.717, 1.165) is 34.2 Å². The van der Waals surface area contributed by atoms with E-state index >= 15 is 0 Å². The van der Waals surface area contributed by atoms with E-state index in [-0.39, 0.29) is 11.3 Å². The van der Waals surface area contributed by atoms with E-state index in [1.54, 1.807) is 12.5 Å². The third-order valence-corrected chi connectivity index (χ3v) is 4.73. The van der Waals surface area contributed by atoms with Gasteiger partial charge in [-0.1, -0.05) is 34.6 Å². The lowest BCUT2D eigenvalue weighted by atomic mass is 9.70. The van der Waals surface area contributed by atoms with Gasteiger partial charge in [-0.25, -0.2) is 0 Å². The molecule has 2 aromatic rings. The third kappa shape index (κ3) is 4.17. The second kappa shape index (κ2) is 6.40. The van der Waals surface area contributed by atoms with Gasteiger partial charge in [0, 0.05) is 9.79 Å². The van der Waals surface area contributed by atoms with Crippen LogP contribution in [0.1, 0.15) is 64.9 Å². The van der Waals surface area contributed by atoms with Gasteiger partial charge in [0.2, 0.25) is 0 Å². The lowest BCUT2D eigenvalue weighted by molar-refractivity contribution is 0.197. The number of thiol groups is 2. The molecule has 0 aliphatic rings. The van der Waals surface area contributed by atoms with E-state index in [1.165, 1.54) is 0 Å². The van der Waals surface area contributed by atoms with Crippen molar-refractivity contribution in [2.45, 2.75) is 63.2 Å². The summed E-state index contributed by atoms with van der Waals surface area (Å²) in [5.41, 5.74) is 0.285. The monoisotopic (exact) mass is 338 g/mol. The van der Waals surface area contributed by atoms with Crippen LogP contribution in [-0.2, 0) is 0 Å². The quantitative estimate of drug-likeness (QED) is 0.614. The van der Waals surface area contributed by atoms with Crippen molar-refractivity contribution < 1.29 is 8.83 Å². The van der Waals surface area contributed by atoms with Gasteiger partial charge >= 0.3 is 0 Å². The number of rotatable bonds is 5. The summed E-state index contributed by atoms with van der Waals surface area (Å²) in [6, 6.07) is 3.86. The SMILES string of the molecule is CC(C)(C)CCC(C)(C)C(c1cc(S)co1)c1occc1S. The van der Waals surface area contributed by atoms with Gasteiger partial charge in [0.1, 0.15) is 17.8 Å². The van der Waals surface area contributed by atoms with Crippen molar-refractivity contribution in [1.82, 2.24) is 0 Å². The highest BCUT2D eigenvalue weighted by atomic mass is 32.1. The molecule has 2 heterocycles. The smallest absolute Gasteiger partial charge is 0.128 e. The second-order valence-corrected chi connectivity index (χ2v) is 8.86. The molecule has 0 radical (unpaired) electrons. The Kier molecular flexibility index (Phi) is 5.13. The topological polar surface area (TPSA) is 26.3 Å². The van der Waals surface area contributed by atoms with Crippen molar-refractivity contribution in [3.63, 3.8) is 0 Å². The first kappa shape index (κ1) is 17.6. The minimum atomic E-state index is -0.0132. The molecule has 22 heavy (non-hydrogen) atoms. The molecular formula is C18H26O2S2. The Bertz CT molecular complexity index is 617. The van der Waals surface area contributed by atoms with Crippen LogP contribution in [0, 0.1) is 10.8 Å². The Balaban J connectivity index is 2.38. The third-order valence-electron chi connectivity index (χ3n) is 4.13. The van der Waals surface area contributed by atoms with Gasteiger partial charge in [0.15, 0.2) is 0 Å². The molecule has 0 aromatic carbocycles. The minimum absolute atomic E-state index is 0.0132. The summed E-state index contributed by atoms with van der Waals surface area (Å²) in [6.07, 6.45) is 5.56. The van der Waals surface area contributed by atoms with Gasteiger partial charge in [-0.15, -0.1) is 25.3 Å². The average Bonchev–Trinajstić information content (AvgIpc) is 2.97. The van der Waals surface area contributed by atoms with Crippen molar-refractivity contribution >= 4 is 25.3 Å². The maximum Gasteiger partial charge on any atom is 0.128 e. The zero-order valence-electron chi connectivity index (χ0n) is 14.0. The fraction of sp³-hybridized carbons (Fsp3) is 0.556. The van der Waals surface area contributed by atoms with E-state index in [9.17, 15) is 0 Å². The fourth-order valence-electron chi connectivity index (χ4n) is 2.73. The van der Waals surface area contributed by atoms with Gasteiger partial charge in [0.25, 0.3) is 0 Å². The molecule has 1 atom stereocenters. The molecule has 0 aliphatic carbocycles. The van der Waals surface area contributed by atoms with Crippen LogP contribution in [0.4, 0.5) is 0 Å². The molecule has 0 saturated carbocycles. The number of furan rings is 2. The predicted molar refractivity (Wildman–Crippen MR) is 96.2 cm³/mol. The highest BCUT2D eigenvalue weighted by molar-refractivity contribution is 7.80. The fourth-order valence-corrected chi connectivity index (χ4v) is 3.16. The minimum Gasteiger partial charge on any atom is -0.467 e. The molecule has 0 aliphatic heterocycles. The Morgan fingerprint density at radius 3 is 2.18 bits per heavy atom. The Morgan fingerprint density at radius 1 is 1.05 bits per heavy atom. The number of hydrogen-bond acceptors (Lipinski definition) is 4.